The van der Waals surface area contributed by atoms with Gasteiger partial charge in [-0.05, 0) is 0 Å². The fraction of sp³-hybridized carbons (Fsp3) is 0.600. The molecule has 0 aliphatic rings. The molecule has 1 aromatic heterocycles. The maximum absolute atomic E-state index is 11.8. The van der Waals surface area contributed by atoms with Gasteiger partial charge >= 0.3 is 6.18 Å². The average molecular weight is 181 g/mol. The fourth-order valence-corrected chi connectivity index (χ4v) is 0.712. The van der Waals surface area contributed by atoms with Gasteiger partial charge in [-0.15, -0.1) is 0 Å². The molecule has 1 rings (SSSR count). The molecule has 68 valence electrons. The van der Waals surface area contributed by atoms with Crippen molar-refractivity contribution in [2.45, 2.75) is 19.3 Å². The quantitative estimate of drug-likeness (QED) is 0.715. The molecular formula is C5H6F3N3O. The first kappa shape index (κ1) is 8.98. The molecule has 0 radical (unpaired) electrons. The topological polar surface area (TPSA) is 50.9 Å². The highest BCUT2D eigenvalue weighted by Crippen LogP contribution is 2.17. The third-order valence-electron chi connectivity index (χ3n) is 1.17. The van der Waals surface area contributed by atoms with Crippen molar-refractivity contribution in [2.24, 2.45) is 0 Å². The van der Waals surface area contributed by atoms with Crippen LogP contribution in [0.25, 0.3) is 0 Å². The highest BCUT2D eigenvalue weighted by molar-refractivity contribution is 4.81. The molecule has 0 saturated heterocycles. The van der Waals surface area contributed by atoms with Crippen LogP contribution in [-0.4, -0.2) is 26.0 Å². The van der Waals surface area contributed by atoms with Crippen molar-refractivity contribution in [1.29, 1.82) is 0 Å². The molecule has 1 heterocycles. The summed E-state index contributed by atoms with van der Waals surface area (Å²) < 4.78 is 35.9. The summed E-state index contributed by atoms with van der Waals surface area (Å²) >= 11 is 0. The second-order valence-electron chi connectivity index (χ2n) is 2.11. The molecule has 0 saturated carbocycles. The van der Waals surface area contributed by atoms with Crippen LogP contribution in [0.2, 0.25) is 0 Å². The van der Waals surface area contributed by atoms with Crippen molar-refractivity contribution in [3.05, 3.63) is 12.2 Å². The lowest BCUT2D eigenvalue weighted by molar-refractivity contribution is -0.143. The Morgan fingerprint density at radius 1 is 1.50 bits per heavy atom. The number of alkyl halides is 3. The highest BCUT2D eigenvalue weighted by atomic mass is 19.4. The zero-order chi connectivity index (χ0) is 9.19. The predicted molar refractivity (Wildman–Crippen MR) is 32.0 cm³/mol. The first-order valence-electron chi connectivity index (χ1n) is 3.07. The maximum Gasteiger partial charge on any atom is 0.408 e. The number of hydrogen-bond donors (Lipinski definition) is 1. The van der Waals surface area contributed by atoms with Gasteiger partial charge in [-0.2, -0.15) is 18.3 Å². The van der Waals surface area contributed by atoms with Crippen molar-refractivity contribution < 1.29 is 18.3 Å². The minimum Gasteiger partial charge on any atom is -0.388 e. The third-order valence-corrected chi connectivity index (χ3v) is 1.17. The van der Waals surface area contributed by atoms with Crippen LogP contribution in [0.15, 0.2) is 6.33 Å². The molecular weight excluding hydrogens is 175 g/mol. The summed E-state index contributed by atoms with van der Waals surface area (Å²) in [6, 6.07) is 0. The Labute approximate surface area is 65.6 Å². The second kappa shape index (κ2) is 3.10. The molecule has 1 N–H and O–H groups in total. The smallest absolute Gasteiger partial charge is 0.388 e. The summed E-state index contributed by atoms with van der Waals surface area (Å²) in [7, 11) is 0. The van der Waals surface area contributed by atoms with Crippen molar-refractivity contribution >= 4 is 0 Å². The van der Waals surface area contributed by atoms with Gasteiger partial charge in [-0.1, -0.05) is 0 Å². The minimum atomic E-state index is -4.34. The Kier molecular flexibility index (Phi) is 2.32. The molecule has 0 fully saturated rings. The van der Waals surface area contributed by atoms with E-state index in [9.17, 15) is 13.2 Å². The molecule has 0 amide bonds. The van der Waals surface area contributed by atoms with E-state index in [4.69, 9.17) is 5.11 Å². The monoisotopic (exact) mass is 181 g/mol. The first-order chi connectivity index (χ1) is 5.53. The SMILES string of the molecule is OCc1ncnn1CC(F)(F)F. The molecule has 7 heteroatoms. The molecule has 0 aliphatic heterocycles. The molecule has 0 bridgehead atoms. The summed E-state index contributed by atoms with van der Waals surface area (Å²) in [6.45, 7) is -1.76. The van der Waals surface area contributed by atoms with Crippen LogP contribution < -0.4 is 0 Å². The number of aliphatic hydroxyl groups is 1. The van der Waals surface area contributed by atoms with Crippen molar-refractivity contribution in [3.63, 3.8) is 0 Å². The number of halogens is 3. The Hall–Kier alpha value is -1.11. The minimum absolute atomic E-state index is 0.0904. The van der Waals surface area contributed by atoms with Crippen molar-refractivity contribution in [2.75, 3.05) is 0 Å². The van der Waals surface area contributed by atoms with E-state index >= 15 is 0 Å². The predicted octanol–water partition coefficient (Wildman–Crippen LogP) is 0.333. The number of nitrogens with zero attached hydrogens (tertiary/aromatic N) is 3. The molecule has 12 heavy (non-hydrogen) atoms. The molecule has 0 aliphatic carbocycles. The lowest BCUT2D eigenvalue weighted by Gasteiger charge is -2.06. The molecule has 0 unspecified atom stereocenters. The fourth-order valence-electron chi connectivity index (χ4n) is 0.712. The van der Waals surface area contributed by atoms with E-state index in [1.54, 1.807) is 0 Å². The lowest BCUT2D eigenvalue weighted by Crippen LogP contribution is -2.20. The van der Waals surface area contributed by atoms with Gasteiger partial charge in [-0.3, -0.25) is 0 Å². The third kappa shape index (κ3) is 2.19. The van der Waals surface area contributed by atoms with E-state index in [1.165, 1.54) is 0 Å². The van der Waals surface area contributed by atoms with Crippen LogP contribution in [0, 0.1) is 0 Å². The van der Waals surface area contributed by atoms with Gasteiger partial charge in [-0.25, -0.2) is 9.67 Å². The van der Waals surface area contributed by atoms with E-state index in [0.29, 0.717) is 4.68 Å². The number of hydrogen-bond acceptors (Lipinski definition) is 3. The standard InChI is InChI=1S/C5H6F3N3O/c6-5(7,8)2-11-4(1-12)9-3-10-11/h3,12H,1-2H2. The normalized spacial score (nSPS) is 12.0. The van der Waals surface area contributed by atoms with Gasteiger partial charge in [0, 0.05) is 0 Å². The Bertz CT molecular complexity index is 257. The summed E-state index contributed by atoms with van der Waals surface area (Å²) in [6.07, 6.45) is -3.37. The zero-order valence-corrected chi connectivity index (χ0v) is 5.91. The van der Waals surface area contributed by atoms with Gasteiger partial charge in [0.25, 0.3) is 0 Å². The van der Waals surface area contributed by atoms with Gasteiger partial charge in [0.05, 0.1) is 0 Å². The summed E-state index contributed by atoms with van der Waals surface area (Å²) in [5, 5.41) is 11.8. The molecule has 1 aromatic rings. The van der Waals surface area contributed by atoms with Crippen molar-refractivity contribution in [1.82, 2.24) is 14.8 Å². The van der Waals surface area contributed by atoms with Gasteiger partial charge in [0.1, 0.15) is 19.5 Å². The van der Waals surface area contributed by atoms with Crippen LogP contribution in [0.4, 0.5) is 13.2 Å². The van der Waals surface area contributed by atoms with Gasteiger partial charge < -0.3 is 5.11 Å². The van der Waals surface area contributed by atoms with Gasteiger partial charge in [0.15, 0.2) is 5.82 Å². The van der Waals surface area contributed by atoms with Crippen LogP contribution >= 0.6 is 0 Å². The highest BCUT2D eigenvalue weighted by Gasteiger charge is 2.29. The lowest BCUT2D eigenvalue weighted by atomic mass is 10.6. The van der Waals surface area contributed by atoms with E-state index in [-0.39, 0.29) is 5.82 Å². The number of aromatic nitrogens is 3. The van der Waals surface area contributed by atoms with E-state index in [0.717, 1.165) is 6.33 Å². The molecule has 0 atom stereocenters. The van der Waals surface area contributed by atoms with E-state index in [2.05, 4.69) is 10.1 Å². The number of rotatable bonds is 2. The van der Waals surface area contributed by atoms with E-state index in [1.807, 2.05) is 0 Å². The molecule has 4 nitrogen and oxygen atoms in total. The average Bonchev–Trinajstić information content (AvgIpc) is 2.31. The van der Waals surface area contributed by atoms with Crippen LogP contribution in [0.1, 0.15) is 5.82 Å². The Morgan fingerprint density at radius 3 is 2.67 bits per heavy atom. The maximum atomic E-state index is 11.8. The molecule has 0 aromatic carbocycles. The largest absolute Gasteiger partial charge is 0.408 e. The first-order valence-corrected chi connectivity index (χ1v) is 3.07. The number of aliphatic hydroxyl groups excluding tert-OH is 1. The zero-order valence-electron chi connectivity index (χ0n) is 5.91. The van der Waals surface area contributed by atoms with Crippen molar-refractivity contribution in [3.8, 4) is 0 Å². The van der Waals surface area contributed by atoms with Gasteiger partial charge in [0.2, 0.25) is 0 Å². The van der Waals surface area contributed by atoms with Crippen LogP contribution in [0.3, 0.4) is 0 Å². The van der Waals surface area contributed by atoms with Crippen LogP contribution in [-0.2, 0) is 13.2 Å². The molecule has 0 spiro atoms. The summed E-state index contributed by atoms with van der Waals surface area (Å²) in [5.74, 6) is -0.0904. The van der Waals surface area contributed by atoms with Crippen LogP contribution in [0.5, 0.6) is 0 Å². The summed E-state index contributed by atoms with van der Waals surface area (Å²) in [4.78, 5) is 3.42. The Morgan fingerprint density at radius 2 is 2.17 bits per heavy atom. The second-order valence-corrected chi connectivity index (χ2v) is 2.11. The Balaban J connectivity index is 2.75. The summed E-state index contributed by atoms with van der Waals surface area (Å²) in [5.41, 5.74) is 0. The van der Waals surface area contributed by atoms with E-state index < -0.39 is 19.3 Å².